The van der Waals surface area contributed by atoms with Gasteiger partial charge in [-0.25, -0.2) is 0 Å². The topological polar surface area (TPSA) is 32.3 Å². The highest BCUT2D eigenvalue weighted by Gasteiger charge is 2.10. The van der Waals surface area contributed by atoms with Crippen LogP contribution in [0.15, 0.2) is 60.0 Å². The predicted octanol–water partition coefficient (Wildman–Crippen LogP) is 4.37. The summed E-state index contributed by atoms with van der Waals surface area (Å²) in [5, 5.41) is 6.21. The van der Waals surface area contributed by atoms with Crippen molar-refractivity contribution in [3.63, 3.8) is 0 Å². The molecule has 0 fully saturated rings. The molecule has 2 aromatic carbocycles. The molecule has 0 aliphatic heterocycles. The maximum atomic E-state index is 12.3. The summed E-state index contributed by atoms with van der Waals surface area (Å²) in [5.41, 5.74) is 1.91. The van der Waals surface area contributed by atoms with Crippen molar-refractivity contribution in [3.05, 3.63) is 60.0 Å². The summed E-state index contributed by atoms with van der Waals surface area (Å²) in [5.74, 6) is 0.000262. The minimum atomic E-state index is 0.000262. The van der Waals surface area contributed by atoms with Gasteiger partial charge in [0, 0.05) is 22.6 Å². The fourth-order valence-electron chi connectivity index (χ4n) is 2.44. The molecule has 0 saturated heterocycles. The predicted molar refractivity (Wildman–Crippen MR) is 94.8 cm³/mol. The van der Waals surface area contributed by atoms with Crippen LogP contribution in [0.5, 0.6) is 0 Å². The highest BCUT2D eigenvalue weighted by Crippen LogP contribution is 2.24. The molecule has 0 aliphatic carbocycles. The Kier molecular flexibility index (Phi) is 4.39. The van der Waals surface area contributed by atoms with Crippen molar-refractivity contribution in [1.82, 2.24) is 0 Å². The van der Waals surface area contributed by atoms with E-state index in [0.29, 0.717) is 6.54 Å². The standard InChI is InChI=1S/C18H18N2OS/c1-2-20(16-6-4-3-5-7-16)13-18(21)19-15-8-9-17-14(12-15)10-11-22-17/h3-12H,2,13H2,1H3,(H,19,21). The Morgan fingerprint density at radius 1 is 1.14 bits per heavy atom. The number of nitrogens with one attached hydrogen (secondary N) is 1. The molecule has 0 aliphatic rings. The van der Waals surface area contributed by atoms with E-state index in [1.807, 2.05) is 48.5 Å². The molecule has 3 aromatic rings. The second-order valence-corrected chi connectivity index (χ2v) is 6.02. The van der Waals surface area contributed by atoms with Crippen LogP contribution in [0.4, 0.5) is 11.4 Å². The summed E-state index contributed by atoms with van der Waals surface area (Å²) >= 11 is 1.71. The number of carbonyl (C=O) groups is 1. The number of carbonyl (C=O) groups excluding carboxylic acids is 1. The monoisotopic (exact) mass is 310 g/mol. The van der Waals surface area contributed by atoms with Crippen LogP contribution < -0.4 is 10.2 Å². The van der Waals surface area contributed by atoms with E-state index in [-0.39, 0.29) is 5.91 Å². The maximum Gasteiger partial charge on any atom is 0.243 e. The van der Waals surface area contributed by atoms with Crippen LogP contribution in [-0.4, -0.2) is 19.0 Å². The number of hydrogen-bond acceptors (Lipinski definition) is 3. The number of fused-ring (bicyclic) bond motifs is 1. The quantitative estimate of drug-likeness (QED) is 0.759. The van der Waals surface area contributed by atoms with Crippen LogP contribution in [0, 0.1) is 0 Å². The number of hydrogen-bond donors (Lipinski definition) is 1. The summed E-state index contributed by atoms with van der Waals surface area (Å²) < 4.78 is 1.23. The molecule has 0 radical (unpaired) electrons. The van der Waals surface area contributed by atoms with Crippen LogP contribution in [0.25, 0.3) is 10.1 Å². The molecule has 112 valence electrons. The number of likely N-dealkylation sites (N-methyl/N-ethyl adjacent to an activating group) is 1. The van der Waals surface area contributed by atoms with Crippen molar-refractivity contribution >= 4 is 38.7 Å². The van der Waals surface area contributed by atoms with Crippen LogP contribution in [0.3, 0.4) is 0 Å². The number of rotatable bonds is 5. The average molecular weight is 310 g/mol. The molecule has 1 aromatic heterocycles. The molecule has 0 saturated carbocycles. The molecular weight excluding hydrogens is 292 g/mol. The van der Waals surface area contributed by atoms with E-state index in [1.165, 1.54) is 10.1 Å². The Morgan fingerprint density at radius 2 is 1.95 bits per heavy atom. The van der Waals surface area contributed by atoms with Gasteiger partial charge in [-0.1, -0.05) is 18.2 Å². The molecule has 4 heteroatoms. The largest absolute Gasteiger partial charge is 0.362 e. The SMILES string of the molecule is CCN(CC(=O)Nc1ccc2sccc2c1)c1ccccc1. The fourth-order valence-corrected chi connectivity index (χ4v) is 3.21. The van der Waals surface area contributed by atoms with E-state index >= 15 is 0 Å². The lowest BCUT2D eigenvalue weighted by atomic mass is 10.2. The second-order valence-electron chi connectivity index (χ2n) is 5.07. The highest BCUT2D eigenvalue weighted by molar-refractivity contribution is 7.17. The smallest absolute Gasteiger partial charge is 0.243 e. The van der Waals surface area contributed by atoms with Crippen LogP contribution in [0.2, 0.25) is 0 Å². The molecule has 0 spiro atoms. The van der Waals surface area contributed by atoms with Gasteiger partial charge in [-0.3, -0.25) is 4.79 Å². The summed E-state index contributed by atoms with van der Waals surface area (Å²) in [6, 6.07) is 18.1. The molecule has 22 heavy (non-hydrogen) atoms. The molecule has 1 N–H and O–H groups in total. The molecular formula is C18H18N2OS. The third-order valence-electron chi connectivity index (χ3n) is 3.57. The minimum absolute atomic E-state index is 0.000262. The van der Waals surface area contributed by atoms with Gasteiger partial charge >= 0.3 is 0 Å². The summed E-state index contributed by atoms with van der Waals surface area (Å²) in [7, 11) is 0. The van der Waals surface area contributed by atoms with E-state index in [0.717, 1.165) is 17.9 Å². The van der Waals surface area contributed by atoms with Gasteiger partial charge in [0.2, 0.25) is 5.91 Å². The number of nitrogens with zero attached hydrogens (tertiary/aromatic N) is 1. The minimum Gasteiger partial charge on any atom is -0.362 e. The summed E-state index contributed by atoms with van der Waals surface area (Å²) in [6.45, 7) is 3.20. The van der Waals surface area contributed by atoms with Crippen LogP contribution in [0.1, 0.15) is 6.92 Å². The summed E-state index contributed by atoms with van der Waals surface area (Å²) in [6.07, 6.45) is 0. The Bertz CT molecular complexity index is 767. The van der Waals surface area contributed by atoms with Crippen molar-refractivity contribution in [2.45, 2.75) is 6.92 Å². The van der Waals surface area contributed by atoms with Gasteiger partial charge in [0.05, 0.1) is 6.54 Å². The lowest BCUT2D eigenvalue weighted by Crippen LogP contribution is -2.33. The molecule has 3 nitrogen and oxygen atoms in total. The molecule has 0 atom stereocenters. The third-order valence-corrected chi connectivity index (χ3v) is 4.47. The van der Waals surface area contributed by atoms with Crippen molar-refractivity contribution in [2.75, 3.05) is 23.3 Å². The molecule has 1 amide bonds. The second kappa shape index (κ2) is 6.62. The van der Waals surface area contributed by atoms with Crippen LogP contribution >= 0.6 is 11.3 Å². The van der Waals surface area contributed by atoms with E-state index in [9.17, 15) is 4.79 Å². The van der Waals surface area contributed by atoms with Gasteiger partial charge < -0.3 is 10.2 Å². The van der Waals surface area contributed by atoms with Crippen molar-refractivity contribution in [3.8, 4) is 0 Å². The zero-order chi connectivity index (χ0) is 15.4. The van der Waals surface area contributed by atoms with E-state index in [1.54, 1.807) is 11.3 Å². The zero-order valence-electron chi connectivity index (χ0n) is 12.5. The Morgan fingerprint density at radius 3 is 2.73 bits per heavy atom. The van der Waals surface area contributed by atoms with Crippen molar-refractivity contribution in [2.24, 2.45) is 0 Å². The molecule has 1 heterocycles. The van der Waals surface area contributed by atoms with Gasteiger partial charge in [-0.05, 0) is 54.1 Å². The number of anilines is 2. The summed E-state index contributed by atoms with van der Waals surface area (Å²) in [4.78, 5) is 14.3. The van der Waals surface area contributed by atoms with Gasteiger partial charge in [0.15, 0.2) is 0 Å². The number of para-hydroxylation sites is 1. The van der Waals surface area contributed by atoms with E-state index in [2.05, 4.69) is 28.6 Å². The highest BCUT2D eigenvalue weighted by atomic mass is 32.1. The first kappa shape index (κ1) is 14.6. The van der Waals surface area contributed by atoms with Crippen LogP contribution in [-0.2, 0) is 4.79 Å². The number of amides is 1. The average Bonchev–Trinajstić information content (AvgIpc) is 3.01. The van der Waals surface area contributed by atoms with E-state index in [4.69, 9.17) is 0 Å². The molecule has 0 bridgehead atoms. The Labute approximate surface area is 134 Å². The number of benzene rings is 2. The first-order valence-electron chi connectivity index (χ1n) is 7.33. The first-order chi connectivity index (χ1) is 10.8. The maximum absolute atomic E-state index is 12.3. The Hall–Kier alpha value is -2.33. The zero-order valence-corrected chi connectivity index (χ0v) is 13.3. The van der Waals surface area contributed by atoms with Crippen molar-refractivity contribution in [1.29, 1.82) is 0 Å². The van der Waals surface area contributed by atoms with Gasteiger partial charge in [-0.2, -0.15) is 0 Å². The first-order valence-corrected chi connectivity index (χ1v) is 8.21. The molecule has 0 unspecified atom stereocenters. The molecule has 3 rings (SSSR count). The Balaban J connectivity index is 1.68. The lowest BCUT2D eigenvalue weighted by Gasteiger charge is -2.22. The lowest BCUT2D eigenvalue weighted by molar-refractivity contribution is -0.115. The van der Waals surface area contributed by atoms with Gasteiger partial charge in [-0.15, -0.1) is 11.3 Å². The van der Waals surface area contributed by atoms with E-state index < -0.39 is 0 Å². The third kappa shape index (κ3) is 3.28. The number of thiophene rings is 1. The van der Waals surface area contributed by atoms with Gasteiger partial charge in [0.25, 0.3) is 0 Å². The fraction of sp³-hybridized carbons (Fsp3) is 0.167. The van der Waals surface area contributed by atoms with Gasteiger partial charge in [0.1, 0.15) is 0 Å². The normalized spacial score (nSPS) is 10.6. The van der Waals surface area contributed by atoms with Crippen molar-refractivity contribution < 1.29 is 4.79 Å².